The van der Waals surface area contributed by atoms with Crippen LogP contribution in [0, 0.1) is 0 Å². The Morgan fingerprint density at radius 1 is 0.667 bits per heavy atom. The van der Waals surface area contributed by atoms with Gasteiger partial charge in [-0.25, -0.2) is 15.0 Å². The normalized spacial score (nSPS) is 15.9. The summed E-state index contributed by atoms with van der Waals surface area (Å²) in [5.41, 5.74) is 6.59. The Balaban J connectivity index is 1.24. The lowest BCUT2D eigenvalue weighted by atomic mass is 10.1. The fourth-order valence-electron chi connectivity index (χ4n) is 4.88. The van der Waals surface area contributed by atoms with Crippen molar-refractivity contribution in [3.8, 4) is 0 Å². The second-order valence-electron chi connectivity index (χ2n) is 8.35. The van der Waals surface area contributed by atoms with Crippen molar-refractivity contribution in [1.29, 1.82) is 0 Å². The summed E-state index contributed by atoms with van der Waals surface area (Å²) in [6.07, 6.45) is 7.58. The van der Waals surface area contributed by atoms with Gasteiger partial charge in [-0.2, -0.15) is 0 Å². The highest BCUT2D eigenvalue weighted by molar-refractivity contribution is 5.90. The molecule has 2 aliphatic rings. The van der Waals surface area contributed by atoms with Crippen molar-refractivity contribution in [2.24, 2.45) is 0 Å². The van der Waals surface area contributed by atoms with E-state index < -0.39 is 0 Å². The van der Waals surface area contributed by atoms with Gasteiger partial charge in [0.05, 0.1) is 11.7 Å². The smallest absolute Gasteiger partial charge is 0.137 e. The molecule has 5 nitrogen and oxygen atoms in total. The molecule has 0 bridgehead atoms. The SMILES string of the molecule is c1ccc2c(c1)CC(Nc1cc3c(NC4Cc5ccccc5C4)ncnc3cn1)C2. The minimum absolute atomic E-state index is 0.356. The van der Waals surface area contributed by atoms with Gasteiger partial charge in [0, 0.05) is 17.5 Å². The number of pyridine rings is 1. The molecule has 6 rings (SSSR count). The van der Waals surface area contributed by atoms with Gasteiger partial charge in [0.25, 0.3) is 0 Å². The monoisotopic (exact) mass is 393 g/mol. The average Bonchev–Trinajstić information content (AvgIpc) is 3.37. The van der Waals surface area contributed by atoms with E-state index in [4.69, 9.17) is 0 Å². The van der Waals surface area contributed by atoms with Crippen LogP contribution in [0.4, 0.5) is 11.6 Å². The Labute approximate surface area is 175 Å². The fraction of sp³-hybridized carbons (Fsp3) is 0.240. The molecule has 0 spiro atoms. The Morgan fingerprint density at radius 3 is 1.83 bits per heavy atom. The molecule has 0 fully saturated rings. The second kappa shape index (κ2) is 7.10. The maximum atomic E-state index is 4.61. The summed E-state index contributed by atoms with van der Waals surface area (Å²) in [5, 5.41) is 8.29. The molecule has 0 atom stereocenters. The van der Waals surface area contributed by atoms with Crippen LogP contribution in [0.3, 0.4) is 0 Å². The molecule has 2 aliphatic carbocycles. The molecule has 0 unspecified atom stereocenters. The molecule has 2 aromatic heterocycles. The van der Waals surface area contributed by atoms with E-state index in [1.54, 1.807) is 6.33 Å². The largest absolute Gasteiger partial charge is 0.367 e. The molecular formula is C25H23N5. The number of nitrogens with zero attached hydrogens (tertiary/aromatic N) is 3. The first-order valence-electron chi connectivity index (χ1n) is 10.6. The van der Waals surface area contributed by atoms with E-state index in [2.05, 4.69) is 80.2 Å². The number of hydrogen-bond donors (Lipinski definition) is 2. The molecular weight excluding hydrogens is 370 g/mol. The molecule has 2 heterocycles. The molecule has 2 N–H and O–H groups in total. The molecule has 4 aromatic rings. The van der Waals surface area contributed by atoms with Gasteiger partial charge in [-0.1, -0.05) is 48.5 Å². The van der Waals surface area contributed by atoms with Crippen molar-refractivity contribution in [3.63, 3.8) is 0 Å². The topological polar surface area (TPSA) is 62.7 Å². The Kier molecular flexibility index (Phi) is 4.11. The average molecular weight is 393 g/mol. The molecule has 0 aliphatic heterocycles. The maximum absolute atomic E-state index is 4.61. The summed E-state index contributed by atoms with van der Waals surface area (Å²) in [4.78, 5) is 13.6. The van der Waals surface area contributed by atoms with Crippen molar-refractivity contribution in [2.75, 3.05) is 10.6 Å². The number of fused-ring (bicyclic) bond motifs is 3. The van der Waals surface area contributed by atoms with Gasteiger partial charge >= 0.3 is 0 Å². The minimum atomic E-state index is 0.356. The van der Waals surface area contributed by atoms with Gasteiger partial charge < -0.3 is 10.6 Å². The molecule has 148 valence electrons. The molecule has 0 radical (unpaired) electrons. The molecule has 0 amide bonds. The van der Waals surface area contributed by atoms with Crippen LogP contribution in [0.15, 0.2) is 67.1 Å². The fourth-order valence-corrected chi connectivity index (χ4v) is 4.88. The molecule has 0 saturated heterocycles. The molecule has 0 saturated carbocycles. The van der Waals surface area contributed by atoms with Gasteiger partial charge in [0.1, 0.15) is 18.0 Å². The quantitative estimate of drug-likeness (QED) is 0.545. The van der Waals surface area contributed by atoms with Crippen LogP contribution < -0.4 is 10.6 Å². The minimum Gasteiger partial charge on any atom is -0.367 e. The van der Waals surface area contributed by atoms with E-state index in [1.807, 2.05) is 6.20 Å². The van der Waals surface area contributed by atoms with Crippen LogP contribution in [0.25, 0.3) is 10.9 Å². The lowest BCUT2D eigenvalue weighted by molar-refractivity contribution is 0.767. The van der Waals surface area contributed by atoms with E-state index in [1.165, 1.54) is 22.3 Å². The first kappa shape index (κ1) is 17.4. The van der Waals surface area contributed by atoms with Gasteiger partial charge in [-0.05, 0) is 54.0 Å². The Hall–Kier alpha value is -3.47. The van der Waals surface area contributed by atoms with E-state index >= 15 is 0 Å². The van der Waals surface area contributed by atoms with Crippen LogP contribution >= 0.6 is 0 Å². The predicted molar refractivity (Wildman–Crippen MR) is 120 cm³/mol. The molecule has 2 aromatic carbocycles. The lowest BCUT2D eigenvalue weighted by Crippen LogP contribution is -2.21. The third-order valence-electron chi connectivity index (χ3n) is 6.32. The summed E-state index contributed by atoms with van der Waals surface area (Å²) in [6.45, 7) is 0. The van der Waals surface area contributed by atoms with Crippen LogP contribution in [0.2, 0.25) is 0 Å². The number of benzene rings is 2. The van der Waals surface area contributed by atoms with Crippen LogP contribution in [-0.2, 0) is 25.7 Å². The number of aromatic nitrogens is 3. The van der Waals surface area contributed by atoms with E-state index in [0.717, 1.165) is 48.2 Å². The van der Waals surface area contributed by atoms with Gasteiger partial charge in [-0.15, -0.1) is 0 Å². The summed E-state index contributed by atoms with van der Waals surface area (Å²) in [6, 6.07) is 20.2. The Morgan fingerprint density at radius 2 is 1.23 bits per heavy atom. The highest BCUT2D eigenvalue weighted by atomic mass is 15.1. The highest BCUT2D eigenvalue weighted by Crippen LogP contribution is 2.29. The van der Waals surface area contributed by atoms with Crippen molar-refractivity contribution in [1.82, 2.24) is 15.0 Å². The Bertz CT molecular complexity index is 1190. The maximum Gasteiger partial charge on any atom is 0.137 e. The summed E-state index contributed by atoms with van der Waals surface area (Å²) >= 11 is 0. The summed E-state index contributed by atoms with van der Waals surface area (Å²) in [7, 11) is 0. The van der Waals surface area contributed by atoms with E-state index in [9.17, 15) is 0 Å². The van der Waals surface area contributed by atoms with E-state index in [0.29, 0.717) is 12.1 Å². The number of rotatable bonds is 4. The third-order valence-corrected chi connectivity index (χ3v) is 6.32. The van der Waals surface area contributed by atoms with Gasteiger partial charge in [0.15, 0.2) is 0 Å². The predicted octanol–water partition coefficient (Wildman–Crippen LogP) is 4.18. The second-order valence-corrected chi connectivity index (χ2v) is 8.35. The summed E-state index contributed by atoms with van der Waals surface area (Å²) < 4.78 is 0. The zero-order valence-corrected chi connectivity index (χ0v) is 16.7. The van der Waals surface area contributed by atoms with Gasteiger partial charge in [0.2, 0.25) is 0 Å². The first-order valence-corrected chi connectivity index (χ1v) is 10.6. The van der Waals surface area contributed by atoms with Crippen molar-refractivity contribution >= 4 is 22.5 Å². The lowest BCUT2D eigenvalue weighted by Gasteiger charge is -2.16. The van der Waals surface area contributed by atoms with Crippen molar-refractivity contribution < 1.29 is 0 Å². The number of hydrogen-bond acceptors (Lipinski definition) is 5. The van der Waals surface area contributed by atoms with Crippen molar-refractivity contribution in [2.45, 2.75) is 37.8 Å². The zero-order valence-electron chi connectivity index (χ0n) is 16.7. The zero-order chi connectivity index (χ0) is 19.9. The number of nitrogens with one attached hydrogen (secondary N) is 2. The van der Waals surface area contributed by atoms with Crippen LogP contribution in [-0.4, -0.2) is 27.0 Å². The molecule has 5 heteroatoms. The van der Waals surface area contributed by atoms with Crippen LogP contribution in [0.5, 0.6) is 0 Å². The van der Waals surface area contributed by atoms with Crippen LogP contribution in [0.1, 0.15) is 22.3 Å². The first-order chi connectivity index (χ1) is 14.8. The third kappa shape index (κ3) is 3.16. The van der Waals surface area contributed by atoms with E-state index in [-0.39, 0.29) is 0 Å². The molecule has 30 heavy (non-hydrogen) atoms. The van der Waals surface area contributed by atoms with Crippen molar-refractivity contribution in [3.05, 3.63) is 89.4 Å². The number of anilines is 2. The standard InChI is InChI=1S/C25H23N5/c1-2-6-17-10-20(9-16(17)5-1)29-24-13-22-23(14-26-24)27-15-28-25(22)30-21-11-18-7-3-4-8-19(18)12-21/h1-8,13-15,20-21H,9-12H2,(H,26,29)(H,27,28,30). The highest BCUT2D eigenvalue weighted by Gasteiger charge is 2.23. The van der Waals surface area contributed by atoms with Gasteiger partial charge in [-0.3, -0.25) is 0 Å². The summed E-state index contributed by atoms with van der Waals surface area (Å²) in [5.74, 6) is 1.77.